The molecule has 6 nitrogen and oxygen atoms in total. The highest BCUT2D eigenvalue weighted by molar-refractivity contribution is 5.90. The minimum atomic E-state index is 0.0782. The van der Waals surface area contributed by atoms with E-state index < -0.39 is 0 Å². The van der Waals surface area contributed by atoms with Gasteiger partial charge in [-0.2, -0.15) is 0 Å². The zero-order valence-corrected chi connectivity index (χ0v) is 15.4. The first-order valence-electron chi connectivity index (χ1n) is 9.30. The lowest BCUT2D eigenvalue weighted by molar-refractivity contribution is -0.119. The molecule has 3 aromatic rings. The molecule has 1 saturated heterocycles. The van der Waals surface area contributed by atoms with Gasteiger partial charge in [0.25, 0.3) is 0 Å². The van der Waals surface area contributed by atoms with E-state index in [0.717, 1.165) is 38.9 Å². The van der Waals surface area contributed by atoms with Crippen molar-refractivity contribution in [3.8, 4) is 16.9 Å². The Bertz CT molecular complexity index is 1050. The molecule has 6 heteroatoms. The average molecular weight is 374 g/mol. The minimum absolute atomic E-state index is 0.0782. The number of fused-ring (bicyclic) bond motifs is 1. The van der Waals surface area contributed by atoms with Crippen molar-refractivity contribution in [2.45, 2.75) is 13.0 Å². The molecule has 0 bridgehead atoms. The molecule has 1 atom stereocenters. The van der Waals surface area contributed by atoms with E-state index in [1.54, 1.807) is 6.20 Å². The fourth-order valence-electron chi connectivity index (χ4n) is 3.53. The van der Waals surface area contributed by atoms with Crippen LogP contribution in [0.5, 0.6) is 5.75 Å². The number of carbonyl (C=O) groups is 1. The molecule has 4 N–H and O–H groups in total. The van der Waals surface area contributed by atoms with E-state index in [2.05, 4.69) is 10.3 Å². The predicted molar refractivity (Wildman–Crippen MR) is 110 cm³/mol. The van der Waals surface area contributed by atoms with Crippen LogP contribution in [0.25, 0.3) is 22.0 Å². The Morgan fingerprint density at radius 3 is 2.89 bits per heavy atom. The second-order valence-corrected chi connectivity index (χ2v) is 6.99. The minimum Gasteiger partial charge on any atom is -0.492 e. The Morgan fingerprint density at radius 2 is 2.14 bits per heavy atom. The molecule has 1 amide bonds. The maximum atomic E-state index is 11.4. The number of nitrogens with zero attached hydrogens (tertiary/aromatic N) is 1. The highest BCUT2D eigenvalue weighted by atomic mass is 16.5. The van der Waals surface area contributed by atoms with Crippen LogP contribution in [-0.2, 0) is 11.3 Å². The van der Waals surface area contributed by atoms with Crippen molar-refractivity contribution in [1.29, 1.82) is 5.41 Å². The van der Waals surface area contributed by atoms with Crippen LogP contribution in [0.15, 0.2) is 48.7 Å². The van der Waals surface area contributed by atoms with Gasteiger partial charge in [-0.15, -0.1) is 0 Å². The SMILES string of the molecule is N=Cc1ccc(-c2cc(OCC3CNC(=O)C3)c3cccnc3c2)cc1CN. The topological polar surface area (TPSA) is 101 Å². The van der Waals surface area contributed by atoms with Crippen LogP contribution in [0.2, 0.25) is 0 Å². The third kappa shape index (κ3) is 3.59. The van der Waals surface area contributed by atoms with Crippen molar-refractivity contribution in [3.63, 3.8) is 0 Å². The van der Waals surface area contributed by atoms with Crippen LogP contribution in [0.3, 0.4) is 0 Å². The average Bonchev–Trinajstić information content (AvgIpc) is 3.16. The number of carbonyl (C=O) groups excluding carboxylic acids is 1. The molecular weight excluding hydrogens is 352 g/mol. The van der Waals surface area contributed by atoms with Gasteiger partial charge in [0.1, 0.15) is 5.75 Å². The smallest absolute Gasteiger partial charge is 0.220 e. The molecule has 1 aliphatic heterocycles. The van der Waals surface area contributed by atoms with Gasteiger partial charge in [0.05, 0.1) is 12.1 Å². The van der Waals surface area contributed by atoms with E-state index in [-0.39, 0.29) is 11.8 Å². The Kier molecular flexibility index (Phi) is 5.04. The summed E-state index contributed by atoms with van der Waals surface area (Å²) in [5.74, 6) is 1.01. The van der Waals surface area contributed by atoms with Crippen LogP contribution in [0.4, 0.5) is 0 Å². The van der Waals surface area contributed by atoms with Gasteiger partial charge in [-0.1, -0.05) is 12.1 Å². The summed E-state index contributed by atoms with van der Waals surface area (Å²) in [5, 5.41) is 11.3. The largest absolute Gasteiger partial charge is 0.492 e. The highest BCUT2D eigenvalue weighted by Crippen LogP contribution is 2.33. The van der Waals surface area contributed by atoms with Crippen molar-refractivity contribution in [1.82, 2.24) is 10.3 Å². The highest BCUT2D eigenvalue weighted by Gasteiger charge is 2.22. The second kappa shape index (κ2) is 7.78. The fraction of sp³-hybridized carbons (Fsp3) is 0.227. The van der Waals surface area contributed by atoms with Gasteiger partial charge in [0.15, 0.2) is 0 Å². The van der Waals surface area contributed by atoms with E-state index in [0.29, 0.717) is 26.1 Å². The van der Waals surface area contributed by atoms with Crippen LogP contribution in [0, 0.1) is 11.3 Å². The van der Waals surface area contributed by atoms with E-state index in [9.17, 15) is 4.79 Å². The van der Waals surface area contributed by atoms with Gasteiger partial charge in [-0.3, -0.25) is 9.78 Å². The van der Waals surface area contributed by atoms with Crippen LogP contribution < -0.4 is 15.8 Å². The van der Waals surface area contributed by atoms with Gasteiger partial charge in [0.2, 0.25) is 5.91 Å². The molecule has 2 heterocycles. The monoisotopic (exact) mass is 374 g/mol. The van der Waals surface area contributed by atoms with Crippen LogP contribution >= 0.6 is 0 Å². The summed E-state index contributed by atoms with van der Waals surface area (Å²) >= 11 is 0. The molecule has 28 heavy (non-hydrogen) atoms. The van der Waals surface area contributed by atoms with Crippen molar-refractivity contribution in [2.75, 3.05) is 13.2 Å². The number of hydrogen-bond acceptors (Lipinski definition) is 5. The molecule has 1 unspecified atom stereocenters. The summed E-state index contributed by atoms with van der Waals surface area (Å²) in [6.07, 6.45) is 3.58. The summed E-state index contributed by atoms with van der Waals surface area (Å²) in [6.45, 7) is 1.50. The standard InChI is InChI=1S/C22H22N4O2/c23-10-16-4-3-15(7-18(16)11-24)17-8-20-19(2-1-5-25-20)21(9-17)28-13-14-6-22(27)26-12-14/h1-5,7-10,14,23H,6,11-13,24H2,(H,26,27). The van der Waals surface area contributed by atoms with Crippen molar-refractivity contribution >= 4 is 23.0 Å². The Balaban J connectivity index is 1.71. The second-order valence-electron chi connectivity index (χ2n) is 6.99. The number of hydrogen-bond donors (Lipinski definition) is 3. The van der Waals surface area contributed by atoms with Gasteiger partial charge in [0, 0.05) is 43.2 Å². The lowest BCUT2D eigenvalue weighted by atomic mass is 9.98. The number of nitrogens with two attached hydrogens (primary N) is 1. The summed E-state index contributed by atoms with van der Waals surface area (Å²) in [7, 11) is 0. The van der Waals surface area contributed by atoms with Gasteiger partial charge < -0.3 is 21.2 Å². The molecule has 0 aliphatic carbocycles. The molecule has 4 rings (SSSR count). The first kappa shape index (κ1) is 18.1. The van der Waals surface area contributed by atoms with Crippen molar-refractivity contribution < 1.29 is 9.53 Å². The van der Waals surface area contributed by atoms with Crippen LogP contribution in [0.1, 0.15) is 17.5 Å². The normalized spacial score (nSPS) is 16.2. The van der Waals surface area contributed by atoms with E-state index in [4.69, 9.17) is 15.9 Å². The van der Waals surface area contributed by atoms with Gasteiger partial charge in [-0.05, 0) is 52.6 Å². The molecule has 0 spiro atoms. The Hall–Kier alpha value is -3.25. The predicted octanol–water partition coefficient (Wildman–Crippen LogP) is 2.87. The van der Waals surface area contributed by atoms with Crippen molar-refractivity contribution in [2.24, 2.45) is 11.7 Å². The maximum Gasteiger partial charge on any atom is 0.220 e. The molecule has 1 aromatic heterocycles. The zero-order chi connectivity index (χ0) is 19.5. The molecule has 1 aliphatic rings. The lowest BCUT2D eigenvalue weighted by Gasteiger charge is -2.15. The number of amides is 1. The Labute approximate surface area is 163 Å². The number of rotatable bonds is 6. The first-order chi connectivity index (χ1) is 13.7. The van der Waals surface area contributed by atoms with E-state index in [1.807, 2.05) is 42.5 Å². The zero-order valence-electron chi connectivity index (χ0n) is 15.4. The fourth-order valence-corrected chi connectivity index (χ4v) is 3.53. The summed E-state index contributed by atoms with van der Waals surface area (Å²) < 4.78 is 6.12. The van der Waals surface area contributed by atoms with E-state index >= 15 is 0 Å². The Morgan fingerprint density at radius 1 is 1.25 bits per heavy atom. The summed E-state index contributed by atoms with van der Waals surface area (Å²) in [4.78, 5) is 15.9. The molecule has 2 aromatic carbocycles. The number of benzene rings is 2. The number of ether oxygens (including phenoxy) is 1. The third-order valence-corrected chi connectivity index (χ3v) is 5.07. The van der Waals surface area contributed by atoms with Crippen molar-refractivity contribution in [3.05, 3.63) is 59.8 Å². The number of aromatic nitrogens is 1. The van der Waals surface area contributed by atoms with Crippen LogP contribution in [-0.4, -0.2) is 30.3 Å². The molecule has 142 valence electrons. The number of nitrogens with one attached hydrogen (secondary N) is 2. The molecule has 0 radical (unpaired) electrons. The summed E-state index contributed by atoms with van der Waals surface area (Å²) in [6, 6.07) is 13.8. The quantitative estimate of drug-likeness (QED) is 0.578. The van der Waals surface area contributed by atoms with Gasteiger partial charge >= 0.3 is 0 Å². The molecular formula is C22H22N4O2. The van der Waals surface area contributed by atoms with Gasteiger partial charge in [-0.25, -0.2) is 0 Å². The summed E-state index contributed by atoms with van der Waals surface area (Å²) in [5.41, 5.74) is 10.4. The first-order valence-corrected chi connectivity index (χ1v) is 9.30. The lowest BCUT2D eigenvalue weighted by Crippen LogP contribution is -2.16. The maximum absolute atomic E-state index is 11.4. The van der Waals surface area contributed by atoms with E-state index in [1.165, 1.54) is 6.21 Å². The third-order valence-electron chi connectivity index (χ3n) is 5.07. The number of pyridine rings is 1. The molecule has 0 saturated carbocycles. The molecule has 1 fully saturated rings.